The van der Waals surface area contributed by atoms with Crippen LogP contribution in [-0.4, -0.2) is 26.5 Å². The number of anilines is 1. The van der Waals surface area contributed by atoms with E-state index in [9.17, 15) is 14.4 Å². The summed E-state index contributed by atoms with van der Waals surface area (Å²) in [5.74, 6) is -2.38. The number of rotatable bonds is 4. The number of benzene rings is 2. The normalized spacial score (nSPS) is 15.3. The Balaban J connectivity index is 1.74. The summed E-state index contributed by atoms with van der Waals surface area (Å²) in [5, 5.41) is 12.0. The van der Waals surface area contributed by atoms with E-state index in [-0.39, 0.29) is 5.56 Å². The second-order valence-corrected chi connectivity index (χ2v) is 7.00. The largest absolute Gasteiger partial charge is 0.481 e. The first-order valence-electron chi connectivity index (χ1n) is 9.28. The molecular weight excluding hydrogens is 370 g/mol. The van der Waals surface area contributed by atoms with Gasteiger partial charge in [0.05, 0.1) is 10.9 Å². The summed E-state index contributed by atoms with van der Waals surface area (Å²) >= 11 is 0. The van der Waals surface area contributed by atoms with Crippen molar-refractivity contribution in [3.8, 4) is 0 Å². The molecule has 2 N–H and O–H groups in total. The number of hydrogen-bond acceptors (Lipinski definition) is 4. The number of carboxylic acids is 1. The monoisotopic (exact) mass is 389 g/mol. The fourth-order valence-electron chi connectivity index (χ4n) is 3.35. The average Bonchev–Trinajstić information content (AvgIpc) is 3.11. The predicted octanol–water partition coefficient (Wildman–Crippen LogP) is 3.00. The highest BCUT2D eigenvalue weighted by atomic mass is 16.4. The Morgan fingerprint density at radius 2 is 1.97 bits per heavy atom. The van der Waals surface area contributed by atoms with Crippen LogP contribution in [0.3, 0.4) is 0 Å². The Morgan fingerprint density at radius 1 is 1.21 bits per heavy atom. The third-order valence-corrected chi connectivity index (χ3v) is 5.02. The smallest absolute Gasteiger partial charge is 0.315 e. The molecule has 0 fully saturated rings. The van der Waals surface area contributed by atoms with Crippen LogP contribution in [0.5, 0.6) is 0 Å². The van der Waals surface area contributed by atoms with E-state index in [1.165, 1.54) is 6.92 Å². The first kappa shape index (κ1) is 18.6. The van der Waals surface area contributed by atoms with Crippen molar-refractivity contribution in [1.29, 1.82) is 0 Å². The summed E-state index contributed by atoms with van der Waals surface area (Å²) in [6.45, 7) is 1.89. The molecule has 7 nitrogen and oxygen atoms in total. The first-order chi connectivity index (χ1) is 13.9. The number of nitrogens with zero attached hydrogens (tertiary/aromatic N) is 2. The summed E-state index contributed by atoms with van der Waals surface area (Å²) in [5.41, 5.74) is 2.75. The molecule has 0 saturated heterocycles. The minimum absolute atomic E-state index is 0.127. The van der Waals surface area contributed by atoms with E-state index >= 15 is 0 Å². The van der Waals surface area contributed by atoms with E-state index in [1.807, 2.05) is 36.4 Å². The van der Waals surface area contributed by atoms with E-state index in [0.29, 0.717) is 35.4 Å². The highest BCUT2D eigenvalue weighted by Crippen LogP contribution is 2.28. The maximum absolute atomic E-state index is 12.9. The quantitative estimate of drug-likeness (QED) is 0.668. The van der Waals surface area contributed by atoms with Gasteiger partial charge in [0.25, 0.3) is 5.56 Å². The summed E-state index contributed by atoms with van der Waals surface area (Å²) in [6.07, 6.45) is 2.74. The third-order valence-electron chi connectivity index (χ3n) is 5.02. The molecule has 2 aromatic carbocycles. The van der Waals surface area contributed by atoms with Crippen molar-refractivity contribution >= 4 is 40.1 Å². The Labute approximate surface area is 166 Å². The van der Waals surface area contributed by atoms with Gasteiger partial charge in [-0.15, -0.1) is 0 Å². The van der Waals surface area contributed by atoms with Crippen molar-refractivity contribution in [2.45, 2.75) is 19.9 Å². The summed E-state index contributed by atoms with van der Waals surface area (Å²) in [6, 6.07) is 14.6. The summed E-state index contributed by atoms with van der Waals surface area (Å²) in [7, 11) is 0. The lowest BCUT2D eigenvalue weighted by molar-refractivity contribution is -0.144. The number of hydrogen-bond donors (Lipinski definition) is 2. The van der Waals surface area contributed by atoms with Gasteiger partial charge in [-0.05, 0) is 48.8 Å². The Morgan fingerprint density at radius 3 is 2.69 bits per heavy atom. The fraction of sp³-hybridized carbons (Fsp3) is 0.182. The summed E-state index contributed by atoms with van der Waals surface area (Å²) < 4.78 is 1.67. The molecule has 2 heterocycles. The molecule has 1 atom stereocenters. The number of carbonyl (C=O) groups excluding carboxylic acids is 1. The maximum atomic E-state index is 12.9. The summed E-state index contributed by atoms with van der Waals surface area (Å²) in [4.78, 5) is 40.5. The van der Waals surface area contributed by atoms with Crippen molar-refractivity contribution in [3.63, 3.8) is 0 Å². The SMILES string of the molecule is CC(C(=O)O)C(=O)Nc1ccc2c(=O)n3c(nc2c1)/C(=C/c1ccccc1)CC3. The van der Waals surface area contributed by atoms with Gasteiger partial charge in [0, 0.05) is 12.2 Å². The van der Waals surface area contributed by atoms with Crippen LogP contribution in [0.25, 0.3) is 22.6 Å². The number of carbonyl (C=O) groups is 2. The Bertz CT molecular complexity index is 1210. The molecule has 0 radical (unpaired) electrons. The number of aliphatic carboxylic acids is 1. The lowest BCUT2D eigenvalue weighted by atomic mass is 10.1. The van der Waals surface area contributed by atoms with Gasteiger partial charge in [-0.1, -0.05) is 30.3 Å². The lowest BCUT2D eigenvalue weighted by Crippen LogP contribution is -2.27. The molecule has 4 rings (SSSR count). The number of nitrogens with one attached hydrogen (secondary N) is 1. The molecule has 29 heavy (non-hydrogen) atoms. The number of allylic oxidation sites excluding steroid dienone is 1. The molecule has 3 aromatic rings. The minimum Gasteiger partial charge on any atom is -0.481 e. The van der Waals surface area contributed by atoms with Crippen LogP contribution in [0.4, 0.5) is 5.69 Å². The minimum atomic E-state index is -1.20. The highest BCUT2D eigenvalue weighted by molar-refractivity contribution is 6.04. The molecule has 0 spiro atoms. The topological polar surface area (TPSA) is 101 Å². The van der Waals surface area contributed by atoms with Crippen LogP contribution in [0, 0.1) is 5.92 Å². The number of aromatic nitrogens is 2. The molecule has 1 amide bonds. The average molecular weight is 389 g/mol. The van der Waals surface area contributed by atoms with E-state index in [1.54, 1.807) is 22.8 Å². The number of fused-ring (bicyclic) bond motifs is 2. The Kier molecular flexibility index (Phi) is 4.72. The van der Waals surface area contributed by atoms with Crippen molar-refractivity contribution in [3.05, 3.63) is 70.3 Å². The molecule has 7 heteroatoms. The molecule has 146 valence electrons. The van der Waals surface area contributed by atoms with Gasteiger partial charge in [-0.3, -0.25) is 19.0 Å². The molecule has 1 unspecified atom stereocenters. The van der Waals surface area contributed by atoms with Gasteiger partial charge in [0.1, 0.15) is 11.7 Å². The standard InChI is InChI=1S/C22H19N3O4/c1-13(22(28)29)20(26)23-16-7-8-17-18(12-16)24-19-15(9-10-25(19)21(17)27)11-14-5-3-2-4-6-14/h2-8,11-13H,9-10H2,1H3,(H,23,26)(H,28,29)/b15-11+. The van der Waals surface area contributed by atoms with Crippen LogP contribution < -0.4 is 10.9 Å². The molecule has 0 bridgehead atoms. The third kappa shape index (κ3) is 3.54. The molecule has 1 aliphatic heterocycles. The maximum Gasteiger partial charge on any atom is 0.315 e. The van der Waals surface area contributed by atoms with Gasteiger partial charge >= 0.3 is 5.97 Å². The lowest BCUT2D eigenvalue weighted by Gasteiger charge is -2.10. The first-order valence-corrected chi connectivity index (χ1v) is 9.28. The van der Waals surface area contributed by atoms with Crippen LogP contribution in [0.2, 0.25) is 0 Å². The molecule has 1 aromatic heterocycles. The second kappa shape index (κ2) is 7.35. The van der Waals surface area contributed by atoms with E-state index < -0.39 is 17.8 Å². The zero-order chi connectivity index (χ0) is 20.5. The van der Waals surface area contributed by atoms with Gasteiger partial charge in [-0.2, -0.15) is 0 Å². The van der Waals surface area contributed by atoms with Crippen LogP contribution in [0.1, 0.15) is 24.7 Å². The van der Waals surface area contributed by atoms with Gasteiger partial charge in [0.15, 0.2) is 0 Å². The van der Waals surface area contributed by atoms with Crippen LogP contribution >= 0.6 is 0 Å². The van der Waals surface area contributed by atoms with Gasteiger partial charge < -0.3 is 10.4 Å². The Hall–Kier alpha value is -3.74. The number of amides is 1. The van der Waals surface area contributed by atoms with E-state index in [4.69, 9.17) is 5.11 Å². The highest BCUT2D eigenvalue weighted by Gasteiger charge is 2.23. The van der Waals surface area contributed by atoms with Crippen molar-refractivity contribution in [1.82, 2.24) is 9.55 Å². The number of carboxylic acid groups (broad SMARTS) is 1. The van der Waals surface area contributed by atoms with Gasteiger partial charge in [0.2, 0.25) is 5.91 Å². The van der Waals surface area contributed by atoms with Crippen molar-refractivity contribution in [2.75, 3.05) is 5.32 Å². The second-order valence-electron chi connectivity index (χ2n) is 7.00. The molecular formula is C22H19N3O4. The van der Waals surface area contributed by atoms with Crippen LogP contribution in [-0.2, 0) is 16.1 Å². The molecule has 0 saturated carbocycles. The van der Waals surface area contributed by atoms with Crippen molar-refractivity contribution in [2.24, 2.45) is 5.92 Å². The zero-order valence-electron chi connectivity index (χ0n) is 15.8. The van der Waals surface area contributed by atoms with E-state index in [2.05, 4.69) is 10.3 Å². The predicted molar refractivity (Wildman–Crippen MR) is 110 cm³/mol. The van der Waals surface area contributed by atoms with Crippen molar-refractivity contribution < 1.29 is 14.7 Å². The fourth-order valence-corrected chi connectivity index (χ4v) is 3.35. The van der Waals surface area contributed by atoms with E-state index in [0.717, 1.165) is 11.1 Å². The van der Waals surface area contributed by atoms with Gasteiger partial charge in [-0.25, -0.2) is 4.98 Å². The van der Waals surface area contributed by atoms with Crippen LogP contribution in [0.15, 0.2) is 53.3 Å². The molecule has 0 aliphatic carbocycles. The molecule has 1 aliphatic rings. The zero-order valence-corrected chi connectivity index (χ0v) is 15.8.